The predicted octanol–water partition coefficient (Wildman–Crippen LogP) is 5.01. The minimum absolute atomic E-state index is 0.0409. The maximum absolute atomic E-state index is 14.8. The molecule has 29 heavy (non-hydrogen) atoms. The lowest BCUT2D eigenvalue weighted by Gasteiger charge is -2.25. The van der Waals surface area contributed by atoms with Crippen molar-refractivity contribution in [1.29, 1.82) is 0 Å². The second kappa shape index (κ2) is 8.24. The Bertz CT molecular complexity index is 965. The molecule has 0 radical (unpaired) electrons. The number of halogens is 3. The average Bonchev–Trinajstić information content (AvgIpc) is 3.09. The lowest BCUT2D eigenvalue weighted by molar-refractivity contribution is 0.0293. The molecule has 2 aromatic rings. The van der Waals surface area contributed by atoms with Crippen molar-refractivity contribution < 1.29 is 19.0 Å². The molecule has 1 atom stereocenters. The molecule has 1 aromatic heterocycles. The number of likely N-dealkylation sites (tertiary alicyclic amines) is 1. The fourth-order valence-electron chi connectivity index (χ4n) is 3.36. The molecule has 0 aliphatic carbocycles. The second-order valence-corrected chi connectivity index (χ2v) is 9.34. The third kappa shape index (κ3) is 4.59. The van der Waals surface area contributed by atoms with E-state index in [1.54, 1.807) is 17.9 Å². The van der Waals surface area contributed by atoms with Gasteiger partial charge in [-0.05, 0) is 61.7 Å². The first-order valence-corrected chi connectivity index (χ1v) is 10.5. The number of benzene rings is 1. The number of nitrogens with zero attached hydrogens (tertiary/aromatic N) is 2. The number of aliphatic hydroxyl groups is 1. The Morgan fingerprint density at radius 3 is 2.83 bits per heavy atom. The summed E-state index contributed by atoms with van der Waals surface area (Å²) < 4.78 is 20.5. The van der Waals surface area contributed by atoms with Crippen molar-refractivity contribution in [2.45, 2.75) is 52.4 Å². The minimum atomic E-state index is -0.566. The molecule has 158 valence electrons. The minimum Gasteiger partial charge on any atom is -0.444 e. The van der Waals surface area contributed by atoms with E-state index in [4.69, 9.17) is 16.3 Å². The smallest absolute Gasteiger partial charge is 0.410 e. The van der Waals surface area contributed by atoms with Gasteiger partial charge >= 0.3 is 6.09 Å². The number of aliphatic hydroxyl groups excluding tert-OH is 1. The Labute approximate surface area is 182 Å². The number of carbonyl (C=O) groups is 1. The molecule has 0 spiro atoms. The Kier molecular flexibility index (Phi) is 6.27. The zero-order valence-electron chi connectivity index (χ0n) is 16.8. The molecule has 1 fully saturated rings. The number of hydrogen-bond donors (Lipinski definition) is 2. The summed E-state index contributed by atoms with van der Waals surface area (Å²) in [6.07, 6.45) is 0.316. The summed E-state index contributed by atoms with van der Waals surface area (Å²) in [6.45, 7) is 7.88. The average molecular weight is 489 g/mol. The predicted molar refractivity (Wildman–Crippen MR) is 115 cm³/mol. The van der Waals surface area contributed by atoms with Crippen LogP contribution in [0.25, 0.3) is 10.9 Å². The highest BCUT2D eigenvalue weighted by molar-refractivity contribution is 9.10. The van der Waals surface area contributed by atoms with Crippen LogP contribution in [0.15, 0.2) is 10.5 Å². The highest BCUT2D eigenvalue weighted by Gasteiger charge is 2.31. The molecule has 1 unspecified atom stereocenters. The molecule has 2 N–H and O–H groups in total. The topological polar surface area (TPSA) is 74.7 Å². The monoisotopic (exact) mass is 487 g/mol. The van der Waals surface area contributed by atoms with Crippen LogP contribution < -0.4 is 5.32 Å². The normalized spacial score (nSPS) is 17.1. The van der Waals surface area contributed by atoms with Crippen LogP contribution in [0.1, 0.15) is 38.3 Å². The molecule has 1 amide bonds. The Morgan fingerprint density at radius 2 is 2.21 bits per heavy atom. The van der Waals surface area contributed by atoms with Gasteiger partial charge in [0.05, 0.1) is 16.8 Å². The molecule has 0 saturated carbocycles. The highest BCUT2D eigenvalue weighted by Crippen LogP contribution is 2.37. The summed E-state index contributed by atoms with van der Waals surface area (Å²) in [5, 5.41) is 13.8. The molecular weight excluding hydrogens is 465 g/mol. The summed E-state index contributed by atoms with van der Waals surface area (Å²) in [5.74, 6) is -0.503. The molecule has 1 aromatic carbocycles. The number of rotatable bonds is 3. The number of aryl methyl sites for hydroxylation is 1. The number of aromatic nitrogens is 1. The third-order valence-corrected chi connectivity index (χ3v) is 6.03. The van der Waals surface area contributed by atoms with Gasteiger partial charge in [0, 0.05) is 30.1 Å². The van der Waals surface area contributed by atoms with Crippen LogP contribution in [0.2, 0.25) is 5.15 Å². The standard InChI is InChI=1S/C20H24BrClFN3O3/c1-10-7-12-16(13(9-27)18(22)25-17(12)15(23)14(10)21)24-11-5-6-26(8-11)19(28)29-20(2,3)4/h7,11,27H,5-6,8-9H2,1-4H3,(H,24,25). The summed E-state index contributed by atoms with van der Waals surface area (Å²) in [4.78, 5) is 18.1. The Balaban J connectivity index is 1.93. The van der Waals surface area contributed by atoms with Crippen LogP contribution >= 0.6 is 27.5 Å². The van der Waals surface area contributed by atoms with Crippen molar-refractivity contribution in [1.82, 2.24) is 9.88 Å². The summed E-state index contributed by atoms with van der Waals surface area (Å²) in [6, 6.07) is 1.70. The summed E-state index contributed by atoms with van der Waals surface area (Å²) in [5.41, 5.74) is 1.19. The maximum Gasteiger partial charge on any atom is 0.410 e. The van der Waals surface area contributed by atoms with Crippen LogP contribution in [-0.4, -0.2) is 45.8 Å². The summed E-state index contributed by atoms with van der Waals surface area (Å²) >= 11 is 9.47. The van der Waals surface area contributed by atoms with Gasteiger partial charge in [-0.3, -0.25) is 0 Å². The first kappa shape index (κ1) is 22.1. The first-order valence-electron chi connectivity index (χ1n) is 9.33. The van der Waals surface area contributed by atoms with E-state index >= 15 is 0 Å². The molecule has 6 nitrogen and oxygen atoms in total. The highest BCUT2D eigenvalue weighted by atomic mass is 79.9. The van der Waals surface area contributed by atoms with E-state index < -0.39 is 11.4 Å². The van der Waals surface area contributed by atoms with Crippen molar-refractivity contribution in [3.63, 3.8) is 0 Å². The van der Waals surface area contributed by atoms with Crippen molar-refractivity contribution in [2.75, 3.05) is 18.4 Å². The SMILES string of the molecule is Cc1cc2c(NC3CCN(C(=O)OC(C)(C)C)C3)c(CO)c(Cl)nc2c(F)c1Br. The van der Waals surface area contributed by atoms with Crippen LogP contribution in [0, 0.1) is 12.7 Å². The third-order valence-electron chi connectivity index (χ3n) is 4.74. The molecule has 1 saturated heterocycles. The van der Waals surface area contributed by atoms with Crippen LogP contribution in [0.3, 0.4) is 0 Å². The van der Waals surface area contributed by atoms with Crippen LogP contribution in [0.5, 0.6) is 0 Å². The number of carbonyl (C=O) groups excluding carboxylic acids is 1. The maximum atomic E-state index is 14.8. The van der Waals surface area contributed by atoms with Gasteiger partial charge in [-0.1, -0.05) is 11.6 Å². The van der Waals surface area contributed by atoms with Gasteiger partial charge in [-0.2, -0.15) is 0 Å². The fourth-order valence-corrected chi connectivity index (χ4v) is 3.90. The number of pyridine rings is 1. The molecule has 9 heteroatoms. The van der Waals surface area contributed by atoms with Crippen molar-refractivity contribution in [3.8, 4) is 0 Å². The molecule has 1 aliphatic rings. The Hall–Kier alpha value is -1.64. The van der Waals surface area contributed by atoms with Gasteiger partial charge in [0.25, 0.3) is 0 Å². The van der Waals surface area contributed by atoms with E-state index in [0.717, 1.165) is 0 Å². The number of hydrogen-bond acceptors (Lipinski definition) is 5. The molecule has 3 rings (SSSR count). The van der Waals surface area contributed by atoms with Gasteiger partial charge in [0.2, 0.25) is 0 Å². The second-order valence-electron chi connectivity index (χ2n) is 8.19. The first-order chi connectivity index (χ1) is 13.5. The van der Waals surface area contributed by atoms with Gasteiger partial charge in [-0.25, -0.2) is 14.2 Å². The number of fused-ring (bicyclic) bond motifs is 1. The van der Waals surface area contributed by atoms with E-state index in [0.29, 0.717) is 46.2 Å². The van der Waals surface area contributed by atoms with Crippen molar-refractivity contribution in [3.05, 3.63) is 32.6 Å². The number of ether oxygens (including phenoxy) is 1. The van der Waals surface area contributed by atoms with Crippen LogP contribution in [0.4, 0.5) is 14.9 Å². The Morgan fingerprint density at radius 1 is 1.52 bits per heavy atom. The number of nitrogens with one attached hydrogen (secondary N) is 1. The fraction of sp³-hybridized carbons (Fsp3) is 0.500. The van der Waals surface area contributed by atoms with Crippen molar-refractivity contribution >= 4 is 50.2 Å². The largest absolute Gasteiger partial charge is 0.444 e. The van der Waals surface area contributed by atoms with Gasteiger partial charge in [0.1, 0.15) is 16.3 Å². The van der Waals surface area contributed by atoms with E-state index in [9.17, 15) is 14.3 Å². The zero-order chi connectivity index (χ0) is 21.5. The molecular formula is C20H24BrClFN3O3. The van der Waals surface area contributed by atoms with Crippen LogP contribution in [-0.2, 0) is 11.3 Å². The number of anilines is 1. The van der Waals surface area contributed by atoms with E-state index in [2.05, 4.69) is 26.2 Å². The zero-order valence-corrected chi connectivity index (χ0v) is 19.1. The van der Waals surface area contributed by atoms with E-state index in [1.165, 1.54) is 0 Å². The van der Waals surface area contributed by atoms with E-state index in [1.807, 2.05) is 20.8 Å². The number of amides is 1. The lowest BCUT2D eigenvalue weighted by atomic mass is 10.1. The summed E-state index contributed by atoms with van der Waals surface area (Å²) in [7, 11) is 0. The molecule has 0 bridgehead atoms. The lowest BCUT2D eigenvalue weighted by Crippen LogP contribution is -2.36. The van der Waals surface area contributed by atoms with Gasteiger partial charge in [0.15, 0.2) is 5.82 Å². The molecule has 2 heterocycles. The quantitative estimate of drug-likeness (QED) is 0.594. The van der Waals surface area contributed by atoms with Gasteiger partial charge < -0.3 is 20.1 Å². The van der Waals surface area contributed by atoms with Gasteiger partial charge in [-0.15, -0.1) is 0 Å². The molecule has 1 aliphatic heterocycles. The van der Waals surface area contributed by atoms with Crippen molar-refractivity contribution in [2.24, 2.45) is 0 Å². The van der Waals surface area contributed by atoms with E-state index in [-0.39, 0.29) is 29.4 Å².